The summed E-state index contributed by atoms with van der Waals surface area (Å²) < 4.78 is 24.9. The van der Waals surface area contributed by atoms with Crippen LogP contribution in [0.15, 0.2) is 54.7 Å². The lowest BCUT2D eigenvalue weighted by molar-refractivity contribution is 0.607. The molecule has 4 N–H and O–H groups in total. The minimum atomic E-state index is -3.29. The van der Waals surface area contributed by atoms with Crippen LogP contribution in [0.3, 0.4) is 0 Å². The molecule has 0 atom stereocenters. The summed E-state index contributed by atoms with van der Waals surface area (Å²) in [6.45, 7) is 0. The number of halogens is 1. The molecule has 130 valence electrons. The summed E-state index contributed by atoms with van der Waals surface area (Å²) >= 11 is 5.99. The van der Waals surface area contributed by atoms with Crippen LogP contribution in [-0.2, 0) is 10.0 Å². The van der Waals surface area contributed by atoms with Crippen LogP contribution in [0.25, 0.3) is 0 Å². The van der Waals surface area contributed by atoms with E-state index in [0.717, 1.165) is 23.3 Å². The highest BCUT2D eigenvalue weighted by atomic mass is 35.5. The number of rotatable bonds is 6. The van der Waals surface area contributed by atoms with E-state index in [2.05, 4.69) is 25.6 Å². The second-order valence-electron chi connectivity index (χ2n) is 5.37. The van der Waals surface area contributed by atoms with Gasteiger partial charge < -0.3 is 10.6 Å². The largest absolute Gasteiger partial charge is 0.351 e. The molecule has 3 aromatic rings. The van der Waals surface area contributed by atoms with Gasteiger partial charge in [-0.25, -0.2) is 8.42 Å². The number of nitrogens with one attached hydrogen (secondary N) is 4. The van der Waals surface area contributed by atoms with Gasteiger partial charge in [0.15, 0.2) is 0 Å². The quantitative estimate of drug-likeness (QED) is 0.521. The molecule has 9 heteroatoms. The average molecular weight is 378 g/mol. The average Bonchev–Trinajstić information content (AvgIpc) is 2.95. The fourth-order valence-electron chi connectivity index (χ4n) is 2.18. The molecule has 0 unspecified atom stereocenters. The van der Waals surface area contributed by atoms with E-state index < -0.39 is 10.0 Å². The molecule has 0 amide bonds. The molecule has 25 heavy (non-hydrogen) atoms. The summed E-state index contributed by atoms with van der Waals surface area (Å²) in [6.07, 6.45) is 2.76. The van der Waals surface area contributed by atoms with E-state index in [9.17, 15) is 8.42 Å². The SMILES string of the molecule is CS(=O)(=O)Nc1ccc(Nc2[nH]ncc2Nc2cccc(Cl)c2)cc1. The zero-order chi connectivity index (χ0) is 17.9. The third-order valence-corrected chi connectivity index (χ3v) is 4.04. The van der Waals surface area contributed by atoms with Crippen LogP contribution in [0.1, 0.15) is 0 Å². The summed E-state index contributed by atoms with van der Waals surface area (Å²) in [5, 5.41) is 13.9. The Balaban J connectivity index is 1.73. The van der Waals surface area contributed by atoms with Gasteiger partial charge in [0.1, 0.15) is 11.5 Å². The predicted molar refractivity (Wildman–Crippen MR) is 102 cm³/mol. The fraction of sp³-hybridized carbons (Fsp3) is 0.0625. The monoisotopic (exact) mass is 377 g/mol. The van der Waals surface area contributed by atoms with E-state index >= 15 is 0 Å². The first-order valence-corrected chi connectivity index (χ1v) is 9.57. The van der Waals surface area contributed by atoms with Crippen molar-refractivity contribution in [2.24, 2.45) is 0 Å². The minimum absolute atomic E-state index is 0.495. The van der Waals surface area contributed by atoms with E-state index in [-0.39, 0.29) is 0 Å². The van der Waals surface area contributed by atoms with Crippen molar-refractivity contribution in [3.63, 3.8) is 0 Å². The van der Waals surface area contributed by atoms with Gasteiger partial charge in [-0.2, -0.15) is 5.10 Å². The number of anilines is 5. The molecule has 0 radical (unpaired) electrons. The van der Waals surface area contributed by atoms with E-state index in [4.69, 9.17) is 11.6 Å². The Kier molecular flexibility index (Phi) is 4.82. The smallest absolute Gasteiger partial charge is 0.229 e. The van der Waals surface area contributed by atoms with Crippen LogP contribution in [0.5, 0.6) is 0 Å². The zero-order valence-electron chi connectivity index (χ0n) is 13.2. The summed E-state index contributed by atoms with van der Waals surface area (Å²) in [5.41, 5.74) is 2.86. The molecule has 0 fully saturated rings. The normalized spacial score (nSPS) is 11.1. The van der Waals surface area contributed by atoms with Crippen molar-refractivity contribution < 1.29 is 8.42 Å². The number of hydrogen-bond acceptors (Lipinski definition) is 5. The fourth-order valence-corrected chi connectivity index (χ4v) is 2.93. The Labute approximate surface area is 150 Å². The number of aromatic amines is 1. The molecule has 0 aliphatic heterocycles. The Morgan fingerprint density at radius 3 is 2.40 bits per heavy atom. The molecule has 7 nitrogen and oxygen atoms in total. The molecule has 0 aliphatic carbocycles. The second kappa shape index (κ2) is 7.04. The molecule has 0 bridgehead atoms. The molecule has 0 saturated carbocycles. The van der Waals surface area contributed by atoms with Crippen molar-refractivity contribution in [3.8, 4) is 0 Å². The van der Waals surface area contributed by atoms with Crippen LogP contribution >= 0.6 is 11.6 Å². The summed E-state index contributed by atoms with van der Waals surface area (Å²) in [7, 11) is -3.29. The number of H-pyrrole nitrogens is 1. The van der Waals surface area contributed by atoms with Crippen molar-refractivity contribution in [1.29, 1.82) is 0 Å². The van der Waals surface area contributed by atoms with Crippen LogP contribution in [0, 0.1) is 0 Å². The third-order valence-electron chi connectivity index (χ3n) is 3.20. The Hall–Kier alpha value is -2.71. The minimum Gasteiger partial charge on any atom is -0.351 e. The van der Waals surface area contributed by atoms with Gasteiger partial charge in [0.05, 0.1) is 12.5 Å². The highest BCUT2D eigenvalue weighted by Crippen LogP contribution is 2.27. The van der Waals surface area contributed by atoms with E-state index in [1.165, 1.54) is 0 Å². The Bertz CT molecular complexity index is 970. The summed E-state index contributed by atoms with van der Waals surface area (Å²) in [6, 6.07) is 14.2. The van der Waals surface area contributed by atoms with Crippen molar-refractivity contribution in [3.05, 3.63) is 59.8 Å². The van der Waals surface area contributed by atoms with E-state index in [1.54, 1.807) is 36.5 Å². The number of benzene rings is 2. The lowest BCUT2D eigenvalue weighted by atomic mass is 10.3. The first-order valence-electron chi connectivity index (χ1n) is 7.30. The van der Waals surface area contributed by atoms with Crippen molar-refractivity contribution in [1.82, 2.24) is 10.2 Å². The van der Waals surface area contributed by atoms with Crippen LogP contribution in [-0.4, -0.2) is 24.9 Å². The Morgan fingerprint density at radius 1 is 1.00 bits per heavy atom. The van der Waals surface area contributed by atoms with Crippen LogP contribution in [0.2, 0.25) is 5.02 Å². The van der Waals surface area contributed by atoms with Crippen LogP contribution in [0.4, 0.5) is 28.6 Å². The van der Waals surface area contributed by atoms with Gasteiger partial charge in [-0.05, 0) is 42.5 Å². The maximum absolute atomic E-state index is 11.2. The molecule has 0 aliphatic rings. The van der Waals surface area contributed by atoms with E-state index in [1.807, 2.05) is 18.2 Å². The second-order valence-corrected chi connectivity index (χ2v) is 7.56. The van der Waals surface area contributed by atoms with Gasteiger partial charge >= 0.3 is 0 Å². The standard InChI is InChI=1S/C16H16ClN5O2S/c1-25(23,24)22-13-7-5-12(6-8-13)20-16-15(10-18-21-16)19-14-4-2-3-11(17)9-14/h2-10,19,22H,1H3,(H2,18,20,21). The van der Waals surface area contributed by atoms with Gasteiger partial charge in [-0.15, -0.1) is 0 Å². The van der Waals surface area contributed by atoms with Gasteiger partial charge in [0, 0.05) is 22.1 Å². The third kappa shape index (κ3) is 4.88. The topological polar surface area (TPSA) is 98.9 Å². The summed E-state index contributed by atoms with van der Waals surface area (Å²) in [5.74, 6) is 0.670. The lowest BCUT2D eigenvalue weighted by Crippen LogP contribution is -2.09. The number of hydrogen-bond donors (Lipinski definition) is 4. The zero-order valence-corrected chi connectivity index (χ0v) is 14.8. The number of nitrogens with zero attached hydrogens (tertiary/aromatic N) is 1. The first kappa shape index (κ1) is 17.1. The molecule has 3 rings (SSSR count). The highest BCUT2D eigenvalue weighted by molar-refractivity contribution is 7.92. The number of aromatic nitrogens is 2. The molecule has 0 spiro atoms. The van der Waals surface area contributed by atoms with Crippen LogP contribution < -0.4 is 15.4 Å². The predicted octanol–water partition coefficient (Wildman–Crippen LogP) is 3.92. The van der Waals surface area contributed by atoms with Crippen molar-refractivity contribution in [2.45, 2.75) is 0 Å². The molecule has 0 saturated heterocycles. The van der Waals surface area contributed by atoms with Gasteiger partial charge in [0.2, 0.25) is 10.0 Å². The van der Waals surface area contributed by atoms with Gasteiger partial charge in [-0.3, -0.25) is 9.82 Å². The summed E-state index contributed by atoms with van der Waals surface area (Å²) in [4.78, 5) is 0. The first-order chi connectivity index (χ1) is 11.9. The molecule has 1 aromatic heterocycles. The molecule has 2 aromatic carbocycles. The molecule has 1 heterocycles. The maximum Gasteiger partial charge on any atom is 0.229 e. The van der Waals surface area contributed by atoms with Crippen molar-refractivity contribution >= 4 is 50.2 Å². The highest BCUT2D eigenvalue weighted by Gasteiger charge is 2.07. The van der Waals surface area contributed by atoms with Gasteiger partial charge in [-0.1, -0.05) is 17.7 Å². The molecular weight excluding hydrogens is 362 g/mol. The molecular formula is C16H16ClN5O2S. The maximum atomic E-state index is 11.2. The van der Waals surface area contributed by atoms with E-state index in [0.29, 0.717) is 16.5 Å². The van der Waals surface area contributed by atoms with Gasteiger partial charge in [0.25, 0.3) is 0 Å². The van der Waals surface area contributed by atoms with Crippen molar-refractivity contribution in [2.75, 3.05) is 21.6 Å². The Morgan fingerprint density at radius 2 is 1.72 bits per heavy atom. The lowest BCUT2D eigenvalue weighted by Gasteiger charge is -2.10. The number of sulfonamides is 1.